The van der Waals surface area contributed by atoms with Crippen LogP contribution >= 0.6 is 40.7 Å². The third kappa shape index (κ3) is 5.04. The van der Waals surface area contributed by atoms with E-state index < -0.39 is 0 Å². The van der Waals surface area contributed by atoms with Gasteiger partial charge in [-0.1, -0.05) is 34.1 Å². The first kappa shape index (κ1) is 20.5. The smallest absolute Gasteiger partial charge is 0.143 e. The molecule has 22 heavy (non-hydrogen) atoms. The number of pyridine rings is 1. The number of nitrogens with zero attached hydrogens (tertiary/aromatic N) is 2. The molecule has 1 heterocycles. The monoisotopic (exact) mass is 403 g/mol. The van der Waals surface area contributed by atoms with E-state index in [-0.39, 0.29) is 36.7 Å². The zero-order valence-electron chi connectivity index (χ0n) is 11.5. The fraction of sp³-hybridized carbons (Fsp3) is 0.143. The summed E-state index contributed by atoms with van der Waals surface area (Å²) in [5, 5.41) is 11.9. The van der Waals surface area contributed by atoms with Crippen LogP contribution in [0.1, 0.15) is 17.2 Å². The van der Waals surface area contributed by atoms with Crippen LogP contribution in [0.25, 0.3) is 0 Å². The maximum absolute atomic E-state index is 8.79. The molecule has 1 aromatic carbocycles. The Morgan fingerprint density at radius 2 is 1.91 bits per heavy atom. The summed E-state index contributed by atoms with van der Waals surface area (Å²) in [6, 6.07) is 12.9. The first-order chi connectivity index (χ1) is 9.61. The molecule has 118 valence electrons. The molecule has 1 aromatic heterocycles. The molecule has 2 aromatic rings. The van der Waals surface area contributed by atoms with Gasteiger partial charge in [0.2, 0.25) is 0 Å². The Bertz CT molecular complexity index is 660. The predicted octanol–water partition coefficient (Wildman–Crippen LogP) is 3.25. The van der Waals surface area contributed by atoms with E-state index in [4.69, 9.17) is 16.7 Å². The molecule has 5 N–H and O–H groups in total. The number of nitrogens with one attached hydrogen (secondary N) is 1. The molecule has 0 aliphatic heterocycles. The second-order valence-electron chi connectivity index (χ2n) is 4.25. The molecule has 0 aliphatic rings. The normalized spacial score (nSPS) is 10.6. The van der Waals surface area contributed by atoms with Crippen molar-refractivity contribution in [2.24, 2.45) is 5.73 Å². The van der Waals surface area contributed by atoms with Crippen LogP contribution in [0, 0.1) is 11.3 Å². The Hall–Kier alpha value is -1.52. The van der Waals surface area contributed by atoms with Crippen molar-refractivity contribution in [3.8, 4) is 6.07 Å². The van der Waals surface area contributed by atoms with Gasteiger partial charge in [-0.15, -0.1) is 24.8 Å². The van der Waals surface area contributed by atoms with E-state index >= 15 is 0 Å². The molecule has 5 nitrogen and oxygen atoms in total. The molecule has 0 bridgehead atoms. The predicted molar refractivity (Wildman–Crippen MR) is 97.4 cm³/mol. The maximum atomic E-state index is 8.79. The summed E-state index contributed by atoms with van der Waals surface area (Å²) in [6.45, 7) is 0.515. The molecule has 0 amide bonds. The number of anilines is 2. The van der Waals surface area contributed by atoms with Gasteiger partial charge in [0, 0.05) is 17.1 Å². The number of rotatable bonds is 4. The molecular formula is C14H16BrCl2N5. The van der Waals surface area contributed by atoms with E-state index in [0.717, 1.165) is 10.0 Å². The summed E-state index contributed by atoms with van der Waals surface area (Å²) >= 11 is 3.47. The lowest BCUT2D eigenvalue weighted by atomic mass is 10.1. The molecule has 0 saturated carbocycles. The topological polar surface area (TPSA) is 101 Å². The van der Waals surface area contributed by atoms with Gasteiger partial charge in [-0.3, -0.25) is 0 Å². The standard InChI is InChI=1S/C14H14BrN5.2ClH/c15-11-4-2-1-3-10(11)12(17)8-19-13-6-5-9(7-16)14(18)20-13;;/h1-6,12H,8,17H2,(H3,18,19,20);2*1H. The van der Waals surface area contributed by atoms with Gasteiger partial charge in [-0.2, -0.15) is 5.26 Å². The van der Waals surface area contributed by atoms with Crippen molar-refractivity contribution >= 4 is 52.4 Å². The molecular weight excluding hydrogens is 389 g/mol. The largest absolute Gasteiger partial charge is 0.383 e. The van der Waals surface area contributed by atoms with Crippen molar-refractivity contribution in [3.63, 3.8) is 0 Å². The number of nitrogens with two attached hydrogens (primary N) is 2. The van der Waals surface area contributed by atoms with Gasteiger partial charge in [0.25, 0.3) is 0 Å². The highest BCUT2D eigenvalue weighted by Gasteiger charge is 2.09. The van der Waals surface area contributed by atoms with Crippen molar-refractivity contribution in [2.45, 2.75) is 6.04 Å². The van der Waals surface area contributed by atoms with Crippen molar-refractivity contribution in [1.29, 1.82) is 5.26 Å². The van der Waals surface area contributed by atoms with E-state index in [1.54, 1.807) is 12.1 Å². The van der Waals surface area contributed by atoms with Crippen LogP contribution in [0.3, 0.4) is 0 Å². The fourth-order valence-corrected chi connectivity index (χ4v) is 2.35. The fourth-order valence-electron chi connectivity index (χ4n) is 1.77. The van der Waals surface area contributed by atoms with E-state index in [2.05, 4.69) is 26.2 Å². The Balaban J connectivity index is 0.00000220. The summed E-state index contributed by atoms with van der Waals surface area (Å²) in [5.41, 5.74) is 13.2. The Morgan fingerprint density at radius 3 is 2.50 bits per heavy atom. The van der Waals surface area contributed by atoms with Crippen molar-refractivity contribution < 1.29 is 0 Å². The lowest BCUT2D eigenvalue weighted by molar-refractivity contribution is 0.758. The Kier molecular flexibility index (Phi) is 8.83. The van der Waals surface area contributed by atoms with Gasteiger partial charge >= 0.3 is 0 Å². The quantitative estimate of drug-likeness (QED) is 0.725. The number of hydrogen-bond donors (Lipinski definition) is 3. The summed E-state index contributed by atoms with van der Waals surface area (Å²) in [5.74, 6) is 0.816. The van der Waals surface area contributed by atoms with Gasteiger partial charge in [0.15, 0.2) is 0 Å². The minimum absolute atomic E-state index is 0. The van der Waals surface area contributed by atoms with Crippen molar-refractivity contribution in [2.75, 3.05) is 17.6 Å². The molecule has 0 saturated heterocycles. The summed E-state index contributed by atoms with van der Waals surface area (Å²) in [4.78, 5) is 4.11. The van der Waals surface area contributed by atoms with Crippen LogP contribution in [0.15, 0.2) is 40.9 Å². The number of nitrogen functional groups attached to an aromatic ring is 1. The second-order valence-corrected chi connectivity index (χ2v) is 5.10. The minimum atomic E-state index is -0.177. The van der Waals surface area contributed by atoms with E-state index in [0.29, 0.717) is 17.9 Å². The molecule has 8 heteroatoms. The SMILES string of the molecule is Cl.Cl.N#Cc1ccc(NCC(N)c2ccccc2Br)nc1N. The molecule has 0 radical (unpaired) electrons. The number of nitriles is 1. The van der Waals surface area contributed by atoms with Gasteiger partial charge in [0.1, 0.15) is 17.7 Å². The molecule has 2 rings (SSSR count). The summed E-state index contributed by atoms with van der Waals surface area (Å²) < 4.78 is 0.974. The van der Waals surface area contributed by atoms with E-state index in [9.17, 15) is 0 Å². The van der Waals surface area contributed by atoms with E-state index in [1.165, 1.54) is 0 Å². The lowest BCUT2D eigenvalue weighted by Crippen LogP contribution is -2.21. The Labute approximate surface area is 150 Å². The van der Waals surface area contributed by atoms with Crippen LogP contribution < -0.4 is 16.8 Å². The number of aromatic nitrogens is 1. The highest BCUT2D eigenvalue weighted by molar-refractivity contribution is 9.10. The zero-order chi connectivity index (χ0) is 14.5. The first-order valence-corrected chi connectivity index (χ1v) is 6.81. The van der Waals surface area contributed by atoms with Gasteiger partial charge in [-0.05, 0) is 23.8 Å². The van der Waals surface area contributed by atoms with Crippen LogP contribution in [0.5, 0.6) is 0 Å². The molecule has 0 spiro atoms. The summed E-state index contributed by atoms with van der Waals surface area (Å²) in [6.07, 6.45) is 0. The van der Waals surface area contributed by atoms with Crippen molar-refractivity contribution in [3.05, 3.63) is 52.0 Å². The van der Waals surface area contributed by atoms with Gasteiger partial charge in [0.05, 0.1) is 5.56 Å². The minimum Gasteiger partial charge on any atom is -0.383 e. The molecule has 1 atom stereocenters. The number of hydrogen-bond acceptors (Lipinski definition) is 5. The van der Waals surface area contributed by atoms with Crippen LogP contribution in [-0.2, 0) is 0 Å². The average Bonchev–Trinajstić information content (AvgIpc) is 2.45. The van der Waals surface area contributed by atoms with Crippen LogP contribution in [0.4, 0.5) is 11.6 Å². The number of benzene rings is 1. The first-order valence-electron chi connectivity index (χ1n) is 6.02. The molecule has 0 fully saturated rings. The zero-order valence-corrected chi connectivity index (χ0v) is 14.7. The average molecular weight is 405 g/mol. The maximum Gasteiger partial charge on any atom is 0.143 e. The number of halogens is 3. The van der Waals surface area contributed by atoms with Gasteiger partial charge < -0.3 is 16.8 Å². The lowest BCUT2D eigenvalue weighted by Gasteiger charge is -2.15. The molecule has 1 unspecified atom stereocenters. The molecule has 0 aliphatic carbocycles. The third-order valence-electron chi connectivity index (χ3n) is 2.85. The van der Waals surface area contributed by atoms with E-state index in [1.807, 2.05) is 30.3 Å². The third-order valence-corrected chi connectivity index (χ3v) is 3.58. The highest BCUT2D eigenvalue weighted by Crippen LogP contribution is 2.22. The highest BCUT2D eigenvalue weighted by atomic mass is 79.9. The van der Waals surface area contributed by atoms with Crippen LogP contribution in [-0.4, -0.2) is 11.5 Å². The second kappa shape index (κ2) is 9.49. The summed E-state index contributed by atoms with van der Waals surface area (Å²) in [7, 11) is 0. The van der Waals surface area contributed by atoms with Crippen molar-refractivity contribution in [1.82, 2.24) is 4.98 Å². The van der Waals surface area contributed by atoms with Gasteiger partial charge in [-0.25, -0.2) is 4.98 Å². The van der Waals surface area contributed by atoms with Crippen LogP contribution in [0.2, 0.25) is 0 Å². The Morgan fingerprint density at radius 1 is 1.23 bits per heavy atom.